The van der Waals surface area contributed by atoms with Gasteiger partial charge in [-0.2, -0.15) is 13.2 Å². The van der Waals surface area contributed by atoms with Gasteiger partial charge in [-0.1, -0.05) is 0 Å². The lowest BCUT2D eigenvalue weighted by Crippen LogP contribution is -2.46. The summed E-state index contributed by atoms with van der Waals surface area (Å²) in [7, 11) is -3.81. The minimum Gasteiger partial charge on any atom is -0.474 e. The molecule has 1 amide bonds. The first-order chi connectivity index (χ1) is 17.0. The van der Waals surface area contributed by atoms with Gasteiger partial charge in [-0.05, 0) is 43.2 Å². The molecule has 2 aliphatic heterocycles. The summed E-state index contributed by atoms with van der Waals surface area (Å²) in [5.74, 6) is 0.289. The number of nitrogens with one attached hydrogen (secondary N) is 1. The number of rotatable bonds is 6. The van der Waals surface area contributed by atoms with E-state index in [9.17, 15) is 26.4 Å². The van der Waals surface area contributed by atoms with Crippen molar-refractivity contribution in [2.75, 3.05) is 31.1 Å². The van der Waals surface area contributed by atoms with Gasteiger partial charge in [0.2, 0.25) is 15.9 Å². The van der Waals surface area contributed by atoms with Crippen LogP contribution >= 0.6 is 0 Å². The number of halogens is 3. The zero-order valence-corrected chi connectivity index (χ0v) is 20.1. The number of piperidine rings is 2. The SMILES string of the molecule is O=C(O)N1CCC(NS(=O)(=O)c2ccc(OC3CCN(c4ccc(C(F)(F)F)cc4)CC3)nc2)CC1. The fourth-order valence-electron chi connectivity index (χ4n) is 4.34. The number of likely N-dealkylation sites (tertiary alicyclic amines) is 1. The fourth-order valence-corrected chi connectivity index (χ4v) is 5.58. The number of nitrogens with zero attached hydrogens (tertiary/aromatic N) is 3. The molecule has 0 radical (unpaired) electrons. The van der Waals surface area contributed by atoms with Crippen molar-refractivity contribution in [1.82, 2.24) is 14.6 Å². The van der Waals surface area contributed by atoms with Crippen molar-refractivity contribution >= 4 is 21.8 Å². The van der Waals surface area contributed by atoms with E-state index >= 15 is 0 Å². The molecule has 1 aromatic carbocycles. The third-order valence-electron chi connectivity index (χ3n) is 6.40. The van der Waals surface area contributed by atoms with E-state index in [4.69, 9.17) is 9.84 Å². The molecule has 0 spiro atoms. The van der Waals surface area contributed by atoms with Gasteiger partial charge in [0, 0.05) is 56.8 Å². The van der Waals surface area contributed by atoms with Crippen LogP contribution in [-0.2, 0) is 16.2 Å². The zero-order chi connectivity index (χ0) is 25.9. The Kier molecular flexibility index (Phi) is 7.59. The summed E-state index contributed by atoms with van der Waals surface area (Å²) in [5.41, 5.74) is 0.0371. The van der Waals surface area contributed by atoms with Crippen LogP contribution in [0.15, 0.2) is 47.5 Å². The molecule has 13 heteroatoms. The second-order valence-electron chi connectivity index (χ2n) is 8.85. The Bertz CT molecular complexity index is 1140. The first-order valence-electron chi connectivity index (χ1n) is 11.6. The summed E-state index contributed by atoms with van der Waals surface area (Å²) < 4.78 is 72.1. The summed E-state index contributed by atoms with van der Waals surface area (Å²) in [5, 5.41) is 9.01. The van der Waals surface area contributed by atoms with Gasteiger partial charge >= 0.3 is 12.3 Å². The summed E-state index contributed by atoms with van der Waals surface area (Å²) in [6, 6.07) is 7.63. The molecule has 2 aromatic rings. The monoisotopic (exact) mass is 528 g/mol. The van der Waals surface area contributed by atoms with Gasteiger partial charge in [-0.25, -0.2) is 22.9 Å². The molecule has 3 heterocycles. The number of carbonyl (C=O) groups is 1. The molecule has 0 bridgehead atoms. The molecule has 0 atom stereocenters. The number of benzene rings is 1. The molecule has 2 saturated heterocycles. The highest BCUT2D eigenvalue weighted by Crippen LogP contribution is 2.31. The van der Waals surface area contributed by atoms with Crippen LogP contribution in [0.1, 0.15) is 31.2 Å². The Labute approximate surface area is 206 Å². The van der Waals surface area contributed by atoms with E-state index in [2.05, 4.69) is 9.71 Å². The minimum atomic E-state index is -4.36. The smallest absolute Gasteiger partial charge is 0.416 e. The summed E-state index contributed by atoms with van der Waals surface area (Å²) in [6.07, 6.45) is -2.24. The molecule has 4 rings (SSSR count). The Morgan fingerprint density at radius 1 is 1.00 bits per heavy atom. The molecule has 2 aliphatic rings. The van der Waals surface area contributed by atoms with E-state index in [1.165, 1.54) is 35.4 Å². The van der Waals surface area contributed by atoms with Gasteiger partial charge < -0.3 is 19.6 Å². The maximum absolute atomic E-state index is 12.8. The lowest BCUT2D eigenvalue weighted by atomic mass is 10.1. The molecular weight excluding hydrogens is 501 g/mol. The average Bonchev–Trinajstić information content (AvgIpc) is 2.84. The maximum Gasteiger partial charge on any atom is 0.416 e. The highest BCUT2D eigenvalue weighted by molar-refractivity contribution is 7.89. The van der Waals surface area contributed by atoms with Crippen LogP contribution in [0.3, 0.4) is 0 Å². The van der Waals surface area contributed by atoms with Crippen molar-refractivity contribution in [3.8, 4) is 5.88 Å². The molecule has 2 N–H and O–H groups in total. The largest absolute Gasteiger partial charge is 0.474 e. The number of anilines is 1. The van der Waals surface area contributed by atoms with Crippen molar-refractivity contribution < 1.29 is 36.2 Å². The number of sulfonamides is 1. The molecule has 2 fully saturated rings. The molecule has 0 saturated carbocycles. The predicted octanol–water partition coefficient (Wildman–Crippen LogP) is 3.57. The van der Waals surface area contributed by atoms with E-state index in [-0.39, 0.29) is 36.0 Å². The van der Waals surface area contributed by atoms with Crippen molar-refractivity contribution in [2.24, 2.45) is 0 Å². The van der Waals surface area contributed by atoms with Gasteiger partial charge in [-0.3, -0.25) is 0 Å². The maximum atomic E-state index is 12.8. The molecule has 9 nitrogen and oxygen atoms in total. The molecule has 0 unspecified atom stereocenters. The molecule has 0 aliphatic carbocycles. The van der Waals surface area contributed by atoms with Crippen LogP contribution in [0.4, 0.5) is 23.7 Å². The van der Waals surface area contributed by atoms with Gasteiger partial charge in [0.25, 0.3) is 0 Å². The van der Waals surface area contributed by atoms with Crippen LogP contribution in [0.2, 0.25) is 0 Å². The number of carboxylic acid groups (broad SMARTS) is 1. The van der Waals surface area contributed by atoms with E-state index in [0.29, 0.717) is 38.8 Å². The zero-order valence-electron chi connectivity index (χ0n) is 19.3. The van der Waals surface area contributed by atoms with Crippen molar-refractivity contribution in [3.05, 3.63) is 48.2 Å². The minimum absolute atomic E-state index is 0.00682. The number of aromatic nitrogens is 1. The summed E-state index contributed by atoms with van der Waals surface area (Å²) >= 11 is 0. The fraction of sp³-hybridized carbons (Fsp3) is 0.478. The first kappa shape index (κ1) is 26.0. The molecule has 1 aromatic heterocycles. The van der Waals surface area contributed by atoms with Crippen LogP contribution < -0.4 is 14.4 Å². The van der Waals surface area contributed by atoms with E-state index in [0.717, 1.165) is 17.8 Å². The third kappa shape index (κ3) is 6.38. The van der Waals surface area contributed by atoms with Crippen LogP contribution in [0.5, 0.6) is 5.88 Å². The number of hydrogen-bond donors (Lipinski definition) is 2. The van der Waals surface area contributed by atoms with Gasteiger partial charge in [0.15, 0.2) is 0 Å². The van der Waals surface area contributed by atoms with Gasteiger partial charge in [0.1, 0.15) is 11.0 Å². The van der Waals surface area contributed by atoms with E-state index in [1.807, 2.05) is 4.90 Å². The second-order valence-corrected chi connectivity index (χ2v) is 10.6. The highest BCUT2D eigenvalue weighted by atomic mass is 32.2. The van der Waals surface area contributed by atoms with Gasteiger partial charge in [-0.15, -0.1) is 0 Å². The number of hydrogen-bond acceptors (Lipinski definition) is 6. The van der Waals surface area contributed by atoms with Crippen molar-refractivity contribution in [1.29, 1.82) is 0 Å². The van der Waals surface area contributed by atoms with Crippen LogP contribution in [-0.4, -0.2) is 67.8 Å². The topological polar surface area (TPSA) is 112 Å². The predicted molar refractivity (Wildman–Crippen MR) is 124 cm³/mol. The quantitative estimate of drug-likeness (QED) is 0.590. The Morgan fingerprint density at radius 2 is 1.64 bits per heavy atom. The molecule has 36 heavy (non-hydrogen) atoms. The van der Waals surface area contributed by atoms with Crippen molar-refractivity contribution in [3.63, 3.8) is 0 Å². The second kappa shape index (κ2) is 10.5. The van der Waals surface area contributed by atoms with E-state index in [1.54, 1.807) is 0 Å². The number of pyridine rings is 1. The standard InChI is InChI=1S/C23H27F3N4O5S/c24-23(25,26)16-1-3-18(4-2-16)29-13-9-19(10-14-29)35-21-6-5-20(15-27-21)36(33,34)28-17-7-11-30(12-8-17)22(31)32/h1-6,15,17,19,28H,7-14H2,(H,31,32). The Balaban J connectivity index is 1.27. The summed E-state index contributed by atoms with van der Waals surface area (Å²) in [6.45, 7) is 1.75. The van der Waals surface area contributed by atoms with Crippen molar-refractivity contribution in [2.45, 2.75) is 48.9 Å². The average molecular weight is 529 g/mol. The highest BCUT2D eigenvalue weighted by Gasteiger charge is 2.31. The lowest BCUT2D eigenvalue weighted by Gasteiger charge is -2.33. The Hall–Kier alpha value is -3.06. The lowest BCUT2D eigenvalue weighted by molar-refractivity contribution is -0.137. The number of amides is 1. The Morgan fingerprint density at radius 3 is 2.17 bits per heavy atom. The number of ether oxygens (including phenoxy) is 1. The van der Waals surface area contributed by atoms with Crippen LogP contribution in [0, 0.1) is 0 Å². The van der Waals surface area contributed by atoms with Gasteiger partial charge in [0.05, 0.1) is 11.8 Å². The normalized spacial score (nSPS) is 18.3. The third-order valence-corrected chi connectivity index (χ3v) is 7.90. The summed E-state index contributed by atoms with van der Waals surface area (Å²) in [4.78, 5) is 18.4. The molecular formula is C23H27F3N4O5S. The number of alkyl halides is 3. The first-order valence-corrected chi connectivity index (χ1v) is 13.0. The van der Waals surface area contributed by atoms with Crippen LogP contribution in [0.25, 0.3) is 0 Å². The van der Waals surface area contributed by atoms with E-state index < -0.39 is 27.9 Å². The molecule has 196 valence electrons.